The van der Waals surface area contributed by atoms with Gasteiger partial charge in [0.2, 0.25) is 5.96 Å². The first-order valence-corrected chi connectivity index (χ1v) is 3.66. The topological polar surface area (TPSA) is 56.6 Å². The second-order valence-electron chi connectivity index (χ2n) is 2.37. The van der Waals surface area contributed by atoms with Gasteiger partial charge in [0, 0.05) is 20.6 Å². The molecule has 0 aromatic rings. The molecular formula is C7H15N3O2. The van der Waals surface area contributed by atoms with Gasteiger partial charge >= 0.3 is 6.09 Å². The lowest BCUT2D eigenvalue weighted by Crippen LogP contribution is -2.42. The SMILES string of the molecule is CCN(C)C(=N)N(C)C(=O)OC. The molecule has 5 nitrogen and oxygen atoms in total. The smallest absolute Gasteiger partial charge is 0.416 e. The minimum absolute atomic E-state index is 0.129. The first-order chi connectivity index (χ1) is 5.54. The Bertz CT molecular complexity index is 181. The van der Waals surface area contributed by atoms with Crippen LogP contribution in [0.2, 0.25) is 0 Å². The van der Waals surface area contributed by atoms with Crippen molar-refractivity contribution in [3.63, 3.8) is 0 Å². The lowest BCUT2D eigenvalue weighted by molar-refractivity contribution is 0.148. The molecule has 0 unspecified atom stereocenters. The van der Waals surface area contributed by atoms with Crippen LogP contribution in [-0.2, 0) is 4.74 Å². The van der Waals surface area contributed by atoms with Crippen LogP contribution in [0.4, 0.5) is 4.79 Å². The molecule has 0 saturated carbocycles. The summed E-state index contributed by atoms with van der Waals surface area (Å²) in [6, 6.07) is 0. The largest absolute Gasteiger partial charge is 0.452 e. The number of rotatable bonds is 1. The molecule has 12 heavy (non-hydrogen) atoms. The number of amides is 1. The van der Waals surface area contributed by atoms with Crippen LogP contribution in [0.15, 0.2) is 0 Å². The summed E-state index contributed by atoms with van der Waals surface area (Å²) in [5.74, 6) is 0.129. The van der Waals surface area contributed by atoms with Crippen molar-refractivity contribution >= 4 is 12.1 Å². The van der Waals surface area contributed by atoms with Crippen LogP contribution in [0.3, 0.4) is 0 Å². The minimum atomic E-state index is -0.528. The number of guanidine groups is 1. The Morgan fingerprint density at radius 2 is 2.00 bits per heavy atom. The van der Waals surface area contributed by atoms with E-state index in [1.165, 1.54) is 14.2 Å². The van der Waals surface area contributed by atoms with Crippen molar-refractivity contribution in [2.45, 2.75) is 6.92 Å². The van der Waals surface area contributed by atoms with Crippen molar-refractivity contribution in [2.24, 2.45) is 0 Å². The molecule has 0 rings (SSSR count). The zero-order chi connectivity index (χ0) is 9.72. The second-order valence-corrected chi connectivity index (χ2v) is 2.37. The summed E-state index contributed by atoms with van der Waals surface area (Å²) in [6.07, 6.45) is -0.528. The van der Waals surface area contributed by atoms with Crippen LogP contribution in [0.25, 0.3) is 0 Å². The third-order valence-corrected chi connectivity index (χ3v) is 1.60. The minimum Gasteiger partial charge on any atom is -0.452 e. The third-order valence-electron chi connectivity index (χ3n) is 1.60. The van der Waals surface area contributed by atoms with E-state index in [4.69, 9.17) is 5.41 Å². The number of ether oxygens (including phenoxy) is 1. The highest BCUT2D eigenvalue weighted by Gasteiger charge is 2.15. The number of hydrogen-bond acceptors (Lipinski definition) is 3. The molecule has 0 radical (unpaired) electrons. The van der Waals surface area contributed by atoms with Crippen molar-refractivity contribution < 1.29 is 9.53 Å². The van der Waals surface area contributed by atoms with Crippen LogP contribution in [0.1, 0.15) is 6.92 Å². The van der Waals surface area contributed by atoms with Gasteiger partial charge in [0.15, 0.2) is 0 Å². The van der Waals surface area contributed by atoms with E-state index in [0.29, 0.717) is 6.54 Å². The molecular weight excluding hydrogens is 158 g/mol. The van der Waals surface area contributed by atoms with Gasteiger partial charge in [0.25, 0.3) is 0 Å². The molecule has 0 aliphatic carbocycles. The predicted molar refractivity (Wildman–Crippen MR) is 46.2 cm³/mol. The van der Waals surface area contributed by atoms with Crippen LogP contribution in [-0.4, -0.2) is 49.6 Å². The molecule has 1 N–H and O–H groups in total. The Kier molecular flexibility index (Phi) is 4.10. The summed E-state index contributed by atoms with van der Waals surface area (Å²) in [7, 11) is 4.53. The molecule has 0 aromatic carbocycles. The number of methoxy groups -OCH3 is 1. The monoisotopic (exact) mass is 173 g/mol. The maximum Gasteiger partial charge on any atom is 0.416 e. The number of nitrogens with one attached hydrogen (secondary N) is 1. The van der Waals surface area contributed by atoms with Gasteiger partial charge in [-0.25, -0.2) is 4.79 Å². The van der Waals surface area contributed by atoms with Crippen LogP contribution in [0.5, 0.6) is 0 Å². The lowest BCUT2D eigenvalue weighted by Gasteiger charge is -2.24. The number of carbonyl (C=O) groups is 1. The van der Waals surface area contributed by atoms with Gasteiger partial charge in [-0.1, -0.05) is 0 Å². The Labute approximate surface area is 72.4 Å². The average molecular weight is 173 g/mol. The number of nitrogens with zero attached hydrogens (tertiary/aromatic N) is 2. The molecule has 0 heterocycles. The van der Waals surface area contributed by atoms with Crippen LogP contribution in [0, 0.1) is 5.41 Å². The van der Waals surface area contributed by atoms with Gasteiger partial charge in [0.05, 0.1) is 7.11 Å². The molecule has 0 aliphatic heterocycles. The number of carbonyl (C=O) groups excluding carboxylic acids is 1. The van der Waals surface area contributed by atoms with Gasteiger partial charge in [-0.15, -0.1) is 0 Å². The van der Waals surface area contributed by atoms with E-state index in [-0.39, 0.29) is 5.96 Å². The van der Waals surface area contributed by atoms with Crippen molar-refractivity contribution in [3.05, 3.63) is 0 Å². The molecule has 0 fully saturated rings. The molecule has 0 aliphatic rings. The van der Waals surface area contributed by atoms with Crippen LogP contribution < -0.4 is 0 Å². The molecule has 1 amide bonds. The molecule has 0 aromatic heterocycles. The summed E-state index contributed by atoms with van der Waals surface area (Å²) >= 11 is 0. The Morgan fingerprint density at radius 1 is 1.50 bits per heavy atom. The summed E-state index contributed by atoms with van der Waals surface area (Å²) < 4.78 is 4.45. The van der Waals surface area contributed by atoms with Gasteiger partial charge in [0.1, 0.15) is 0 Å². The van der Waals surface area contributed by atoms with Gasteiger partial charge in [-0.05, 0) is 6.92 Å². The Morgan fingerprint density at radius 3 is 2.33 bits per heavy atom. The number of hydrogen-bond donors (Lipinski definition) is 1. The molecule has 0 spiro atoms. The highest BCUT2D eigenvalue weighted by Crippen LogP contribution is 1.93. The van der Waals surface area contributed by atoms with E-state index >= 15 is 0 Å². The highest BCUT2D eigenvalue weighted by molar-refractivity contribution is 5.91. The summed E-state index contributed by atoms with van der Waals surface area (Å²) in [6.45, 7) is 2.58. The highest BCUT2D eigenvalue weighted by atomic mass is 16.5. The van der Waals surface area contributed by atoms with E-state index in [1.54, 1.807) is 11.9 Å². The quantitative estimate of drug-likeness (QED) is 0.466. The normalized spacial score (nSPS) is 9.00. The van der Waals surface area contributed by atoms with E-state index in [0.717, 1.165) is 4.90 Å². The van der Waals surface area contributed by atoms with Gasteiger partial charge in [-0.2, -0.15) is 0 Å². The fourth-order valence-electron chi connectivity index (χ4n) is 0.629. The van der Waals surface area contributed by atoms with Gasteiger partial charge < -0.3 is 9.64 Å². The van der Waals surface area contributed by atoms with E-state index < -0.39 is 6.09 Å². The van der Waals surface area contributed by atoms with E-state index in [9.17, 15) is 4.79 Å². The van der Waals surface area contributed by atoms with Crippen molar-refractivity contribution in [3.8, 4) is 0 Å². The molecule has 5 heteroatoms. The lowest BCUT2D eigenvalue weighted by atomic mass is 10.6. The molecule has 0 atom stereocenters. The van der Waals surface area contributed by atoms with Gasteiger partial charge in [-0.3, -0.25) is 10.3 Å². The first-order valence-electron chi connectivity index (χ1n) is 3.66. The zero-order valence-electron chi connectivity index (χ0n) is 7.92. The van der Waals surface area contributed by atoms with E-state index in [2.05, 4.69) is 4.74 Å². The maximum absolute atomic E-state index is 10.9. The van der Waals surface area contributed by atoms with Crippen LogP contribution >= 0.6 is 0 Å². The molecule has 0 saturated heterocycles. The zero-order valence-corrected chi connectivity index (χ0v) is 7.92. The average Bonchev–Trinajstić information content (AvgIpc) is 2.12. The Hall–Kier alpha value is -1.26. The van der Waals surface area contributed by atoms with E-state index in [1.807, 2.05) is 6.92 Å². The molecule has 70 valence electrons. The summed E-state index contributed by atoms with van der Waals surface area (Å²) in [4.78, 5) is 13.7. The second kappa shape index (κ2) is 4.58. The summed E-state index contributed by atoms with van der Waals surface area (Å²) in [5.41, 5.74) is 0. The fraction of sp³-hybridized carbons (Fsp3) is 0.714. The molecule has 0 bridgehead atoms. The Balaban J connectivity index is 4.19. The van der Waals surface area contributed by atoms with Crippen molar-refractivity contribution in [1.29, 1.82) is 5.41 Å². The maximum atomic E-state index is 10.9. The first kappa shape index (κ1) is 10.7. The fourth-order valence-corrected chi connectivity index (χ4v) is 0.629. The predicted octanol–water partition coefficient (Wildman–Crippen LogP) is 0.571. The van der Waals surface area contributed by atoms with Crippen molar-refractivity contribution in [2.75, 3.05) is 27.7 Å². The third kappa shape index (κ3) is 2.41. The van der Waals surface area contributed by atoms with Crippen molar-refractivity contribution in [1.82, 2.24) is 9.80 Å². The summed E-state index contributed by atoms with van der Waals surface area (Å²) in [5, 5.41) is 7.49. The standard InChI is InChI=1S/C7H15N3O2/c1-5-9(2)6(8)10(3)7(11)12-4/h8H,5H2,1-4H3.